The van der Waals surface area contributed by atoms with Crippen molar-refractivity contribution in [3.63, 3.8) is 0 Å². The third-order valence-electron chi connectivity index (χ3n) is 6.65. The molecule has 1 aromatic heterocycles. The van der Waals surface area contributed by atoms with Crippen LogP contribution in [0.1, 0.15) is 16.4 Å². The summed E-state index contributed by atoms with van der Waals surface area (Å²) >= 11 is 11.5. The van der Waals surface area contributed by atoms with Crippen LogP contribution in [-0.2, 0) is 14.4 Å². The lowest BCUT2D eigenvalue weighted by Gasteiger charge is -2.30. The second-order valence-electron chi connectivity index (χ2n) is 9.12. The summed E-state index contributed by atoms with van der Waals surface area (Å²) in [4.78, 5) is 57.0. The van der Waals surface area contributed by atoms with Gasteiger partial charge in [0.25, 0.3) is 5.91 Å². The number of para-hydroxylation sites is 1. The highest BCUT2D eigenvalue weighted by Crippen LogP contribution is 2.54. The quantitative estimate of drug-likeness (QED) is 0.259. The molecule has 8 nitrogen and oxygen atoms in total. The maximum absolute atomic E-state index is 13.9. The Labute approximate surface area is 249 Å². The van der Waals surface area contributed by atoms with Gasteiger partial charge in [0, 0.05) is 31.5 Å². The average Bonchev–Trinajstić information content (AvgIpc) is 3.44. The number of amides is 3. The topological polar surface area (TPSA) is 109 Å². The smallest absolute Gasteiger partial charge is 0.305 e. The minimum absolute atomic E-state index is 0.270. The maximum atomic E-state index is 13.9. The van der Waals surface area contributed by atoms with Crippen molar-refractivity contribution in [1.82, 2.24) is 4.98 Å². The molecule has 4 aromatic rings. The molecule has 40 heavy (non-hydrogen) atoms. The van der Waals surface area contributed by atoms with E-state index in [4.69, 9.17) is 16.3 Å². The van der Waals surface area contributed by atoms with E-state index < -0.39 is 17.1 Å². The van der Waals surface area contributed by atoms with Gasteiger partial charge in [-0.1, -0.05) is 68.8 Å². The van der Waals surface area contributed by atoms with Crippen molar-refractivity contribution in [1.29, 1.82) is 0 Å². The van der Waals surface area contributed by atoms with Crippen LogP contribution in [0.2, 0.25) is 5.02 Å². The number of H-pyrrole nitrogens is 1. The summed E-state index contributed by atoms with van der Waals surface area (Å²) in [7, 11) is 0. The largest absolute Gasteiger partial charge is 0.483 e. The minimum Gasteiger partial charge on any atom is -0.483 e. The van der Waals surface area contributed by atoms with Crippen LogP contribution < -0.4 is 19.8 Å². The van der Waals surface area contributed by atoms with E-state index in [1.165, 1.54) is 16.7 Å². The summed E-state index contributed by atoms with van der Waals surface area (Å²) in [5.41, 5.74) is 1.67. The molecule has 0 aliphatic carbocycles. The molecule has 2 aliphatic heterocycles. The van der Waals surface area contributed by atoms with Crippen LogP contribution in [0.3, 0.4) is 0 Å². The first-order valence-corrected chi connectivity index (χ1v) is 15.0. The Kier molecular flexibility index (Phi) is 7.30. The number of nitrogens with one attached hydrogen (secondary N) is 2. The Hall–Kier alpha value is -3.38. The first-order valence-electron chi connectivity index (χ1n) is 12.1. The number of halogens is 2. The molecule has 3 aromatic carbocycles. The van der Waals surface area contributed by atoms with Crippen molar-refractivity contribution in [2.45, 2.75) is 16.2 Å². The van der Waals surface area contributed by atoms with E-state index in [9.17, 15) is 19.2 Å². The fraction of sp³-hybridized carbons (Fsp3) is 0.143. The van der Waals surface area contributed by atoms with Gasteiger partial charge >= 0.3 is 4.87 Å². The van der Waals surface area contributed by atoms with Crippen molar-refractivity contribution in [2.75, 3.05) is 16.8 Å². The molecule has 0 saturated carbocycles. The number of thiazole rings is 1. The lowest BCUT2D eigenvalue weighted by Crippen LogP contribution is -2.32. The summed E-state index contributed by atoms with van der Waals surface area (Å²) in [5, 5.41) is 3.14. The predicted molar refractivity (Wildman–Crippen MR) is 159 cm³/mol. The van der Waals surface area contributed by atoms with E-state index in [-0.39, 0.29) is 29.2 Å². The molecule has 2 N–H and O–H groups in total. The zero-order valence-corrected chi connectivity index (χ0v) is 24.4. The number of hydrogen-bond donors (Lipinski definition) is 2. The van der Waals surface area contributed by atoms with Crippen LogP contribution in [0, 0.1) is 5.92 Å². The maximum Gasteiger partial charge on any atom is 0.305 e. The third kappa shape index (κ3) is 4.98. The number of aromatic amines is 1. The number of ether oxygens (including phenoxy) is 1. The molecule has 12 heteroatoms. The third-order valence-corrected chi connectivity index (χ3v) is 9.83. The van der Waals surface area contributed by atoms with Crippen LogP contribution in [0.25, 0.3) is 0 Å². The Bertz CT molecular complexity index is 1690. The van der Waals surface area contributed by atoms with Crippen LogP contribution in [0.5, 0.6) is 5.75 Å². The number of fused-ring (bicyclic) bond motifs is 2. The molecule has 202 valence electrons. The van der Waals surface area contributed by atoms with Crippen molar-refractivity contribution in [3.8, 4) is 5.75 Å². The summed E-state index contributed by atoms with van der Waals surface area (Å²) in [6, 6.07) is 20.8. The average molecular weight is 657 g/mol. The molecular formula is C28H19BrClN3O5S2. The van der Waals surface area contributed by atoms with Gasteiger partial charge < -0.3 is 15.0 Å². The Balaban J connectivity index is 1.33. The zero-order valence-electron chi connectivity index (χ0n) is 20.4. The van der Waals surface area contributed by atoms with Gasteiger partial charge in [0.05, 0.1) is 16.6 Å². The van der Waals surface area contributed by atoms with Gasteiger partial charge in [-0.15, -0.1) is 0 Å². The summed E-state index contributed by atoms with van der Waals surface area (Å²) in [6.07, 6.45) is 0. The fourth-order valence-electron chi connectivity index (χ4n) is 4.94. The van der Waals surface area contributed by atoms with Gasteiger partial charge in [0.1, 0.15) is 11.0 Å². The summed E-state index contributed by atoms with van der Waals surface area (Å²) in [5.74, 6) is -2.08. The number of rotatable bonds is 6. The van der Waals surface area contributed by atoms with E-state index in [2.05, 4.69) is 26.2 Å². The van der Waals surface area contributed by atoms with Crippen molar-refractivity contribution < 1.29 is 19.1 Å². The van der Waals surface area contributed by atoms with Gasteiger partial charge in [0.2, 0.25) is 11.8 Å². The molecule has 6 rings (SSSR count). The SMILES string of the molecule is O=C(COc1ccccc1C1c2sc(=O)[nH]c2SC2C(=O)N(c3ccc(Br)cc3)C(=O)C21)Nc1ccc(Cl)cc1. The van der Waals surface area contributed by atoms with E-state index in [1.54, 1.807) is 72.8 Å². The Morgan fingerprint density at radius 2 is 1.73 bits per heavy atom. The summed E-state index contributed by atoms with van der Waals surface area (Å²) < 4.78 is 6.79. The van der Waals surface area contributed by atoms with Gasteiger partial charge in [0.15, 0.2) is 6.61 Å². The number of imide groups is 1. The number of nitrogens with zero attached hydrogens (tertiary/aromatic N) is 1. The highest BCUT2D eigenvalue weighted by Gasteiger charge is 2.56. The lowest BCUT2D eigenvalue weighted by molar-refractivity contribution is -0.122. The van der Waals surface area contributed by atoms with Crippen LogP contribution in [0.15, 0.2) is 87.1 Å². The number of carbonyl (C=O) groups excluding carboxylic acids is 3. The van der Waals surface area contributed by atoms with Crippen LogP contribution in [-0.4, -0.2) is 34.6 Å². The molecule has 0 radical (unpaired) electrons. The van der Waals surface area contributed by atoms with Crippen LogP contribution in [0.4, 0.5) is 11.4 Å². The Morgan fingerprint density at radius 3 is 2.48 bits per heavy atom. The van der Waals surface area contributed by atoms with Gasteiger partial charge in [-0.25, -0.2) is 4.90 Å². The number of carbonyl (C=O) groups is 3. The standard InChI is InChI=1S/C28H19BrClN3O5S2/c29-14-5-11-17(12-6-14)33-26(35)22-21(23-25(32-28(37)40-23)39-24(22)27(33)36)18-3-1-2-4-19(18)38-13-20(34)31-16-9-7-15(30)8-10-16/h1-12,21-22,24H,13H2,(H,31,34)(H,32,37). The number of hydrogen-bond acceptors (Lipinski definition) is 7. The van der Waals surface area contributed by atoms with Crippen LogP contribution >= 0.6 is 50.6 Å². The normalized spacial score (nSPS) is 19.8. The molecular weight excluding hydrogens is 638 g/mol. The minimum atomic E-state index is -0.771. The second-order valence-corrected chi connectivity index (χ2v) is 12.6. The molecule has 0 spiro atoms. The molecule has 3 atom stereocenters. The van der Waals surface area contributed by atoms with E-state index in [0.29, 0.717) is 37.6 Å². The van der Waals surface area contributed by atoms with Crippen molar-refractivity contribution >= 4 is 79.7 Å². The van der Waals surface area contributed by atoms with E-state index >= 15 is 0 Å². The van der Waals surface area contributed by atoms with E-state index in [1.807, 2.05) is 0 Å². The second kappa shape index (κ2) is 10.9. The predicted octanol–water partition coefficient (Wildman–Crippen LogP) is 5.67. The highest BCUT2D eigenvalue weighted by molar-refractivity contribution is 9.10. The van der Waals surface area contributed by atoms with Crippen molar-refractivity contribution in [2.24, 2.45) is 5.92 Å². The van der Waals surface area contributed by atoms with Gasteiger partial charge in [-0.2, -0.15) is 0 Å². The molecule has 1 fully saturated rings. The molecule has 1 saturated heterocycles. The summed E-state index contributed by atoms with van der Waals surface area (Å²) in [6.45, 7) is -0.288. The number of anilines is 2. The first-order chi connectivity index (χ1) is 19.3. The Morgan fingerprint density at radius 1 is 1.00 bits per heavy atom. The van der Waals surface area contributed by atoms with Gasteiger partial charge in [-0.3, -0.25) is 19.2 Å². The lowest BCUT2D eigenvalue weighted by atomic mass is 9.82. The number of aromatic nitrogens is 1. The number of benzene rings is 3. The first kappa shape index (κ1) is 26.8. The molecule has 2 aliphatic rings. The fourth-order valence-corrected chi connectivity index (χ4v) is 7.84. The highest BCUT2D eigenvalue weighted by atomic mass is 79.9. The molecule has 3 heterocycles. The molecule has 0 bridgehead atoms. The van der Waals surface area contributed by atoms with Crippen molar-refractivity contribution in [3.05, 3.63) is 102 Å². The monoisotopic (exact) mass is 655 g/mol. The number of thioether (sulfide) groups is 1. The zero-order chi connectivity index (χ0) is 28.0. The molecule has 3 amide bonds. The van der Waals surface area contributed by atoms with E-state index in [0.717, 1.165) is 15.8 Å². The van der Waals surface area contributed by atoms with Gasteiger partial charge in [-0.05, 0) is 54.6 Å². The molecule has 3 unspecified atom stereocenters.